The highest BCUT2D eigenvalue weighted by Gasteiger charge is 2.46. The topological polar surface area (TPSA) is 16.4 Å². The van der Waals surface area contributed by atoms with Crippen molar-refractivity contribution >= 4 is 49.8 Å². The van der Waals surface area contributed by atoms with Crippen molar-refractivity contribution in [3.8, 4) is 44.5 Å². The Hall–Kier alpha value is -8.72. The molecule has 0 fully saturated rings. The highest BCUT2D eigenvalue weighted by molar-refractivity contribution is 6.17. The molecule has 2 aliphatic carbocycles. The van der Waals surface area contributed by atoms with E-state index in [0.29, 0.717) is 0 Å². The van der Waals surface area contributed by atoms with Gasteiger partial charge in [0.2, 0.25) is 0 Å². The van der Waals surface area contributed by atoms with Crippen LogP contribution in [-0.4, -0.2) is 0 Å². The predicted molar refractivity (Wildman–Crippen MR) is 292 cm³/mol. The van der Waals surface area contributed by atoms with Gasteiger partial charge in [0.05, 0.1) is 5.41 Å². The molecule has 0 amide bonds. The van der Waals surface area contributed by atoms with E-state index in [9.17, 15) is 0 Å². The number of furan rings is 1. The van der Waals surface area contributed by atoms with Crippen LogP contribution in [0.1, 0.15) is 47.2 Å². The predicted octanol–water partition coefficient (Wildman–Crippen LogP) is 18.2. The number of fused-ring (bicyclic) bond motifs is 11. The van der Waals surface area contributed by atoms with Crippen LogP contribution in [0.4, 0.5) is 17.1 Å². The van der Waals surface area contributed by atoms with E-state index in [1.54, 1.807) is 0 Å². The number of para-hydroxylation sites is 1. The zero-order valence-electron chi connectivity index (χ0n) is 39.0. The van der Waals surface area contributed by atoms with Gasteiger partial charge in [-0.15, -0.1) is 0 Å². The maximum atomic E-state index is 6.80. The summed E-state index contributed by atoms with van der Waals surface area (Å²) >= 11 is 0. The van der Waals surface area contributed by atoms with Crippen molar-refractivity contribution in [3.05, 3.63) is 282 Å². The van der Waals surface area contributed by atoms with E-state index >= 15 is 0 Å². The Morgan fingerprint density at radius 2 is 0.843 bits per heavy atom. The summed E-state index contributed by atoms with van der Waals surface area (Å²) in [6.45, 7) is 4.72. The first-order chi connectivity index (χ1) is 34.5. The number of hydrogen-bond acceptors (Lipinski definition) is 2. The lowest BCUT2D eigenvalue weighted by Crippen LogP contribution is -2.28. The molecule has 1 aromatic heterocycles. The summed E-state index contributed by atoms with van der Waals surface area (Å²) in [6, 6.07) is 91.6. The molecule has 0 atom stereocenters. The number of rotatable bonds is 7. The van der Waals surface area contributed by atoms with Crippen LogP contribution < -0.4 is 4.90 Å². The summed E-state index contributed by atoms with van der Waals surface area (Å²) in [4.78, 5) is 2.42. The van der Waals surface area contributed by atoms with Crippen LogP contribution >= 0.6 is 0 Å². The van der Waals surface area contributed by atoms with Gasteiger partial charge in [0.25, 0.3) is 0 Å². The highest BCUT2D eigenvalue weighted by atomic mass is 16.3. The van der Waals surface area contributed by atoms with E-state index in [2.05, 4.69) is 267 Å². The fourth-order valence-corrected chi connectivity index (χ4v) is 12.3. The molecule has 0 saturated heterocycles. The summed E-state index contributed by atoms with van der Waals surface area (Å²) < 4.78 is 6.80. The quantitative estimate of drug-likeness (QED) is 0.158. The van der Waals surface area contributed by atoms with Crippen molar-refractivity contribution in [1.29, 1.82) is 0 Å². The Kier molecular flexibility index (Phi) is 8.88. The van der Waals surface area contributed by atoms with Crippen LogP contribution in [0.3, 0.4) is 0 Å². The van der Waals surface area contributed by atoms with Crippen molar-refractivity contribution in [1.82, 2.24) is 0 Å². The molecule has 0 radical (unpaired) electrons. The molecule has 1 heterocycles. The van der Waals surface area contributed by atoms with Crippen LogP contribution in [0.2, 0.25) is 0 Å². The molecule has 0 spiro atoms. The summed E-state index contributed by atoms with van der Waals surface area (Å²) in [7, 11) is 0. The normalized spacial score (nSPS) is 13.8. The third kappa shape index (κ3) is 5.80. The largest absolute Gasteiger partial charge is 0.455 e. The standard InChI is InChI=1S/C68H47NO/c1-67(2)60-28-13-11-23-55(60)56-42-40-51(43-63(56)67)69(50-38-33-46(34-39-50)54-26-15-27-57-58-41-35-44-17-9-10-22-53(44)66(58)70-65(54)57)49-36-31-45(32-37-49)52-25-16-30-62-64(52)59-24-12-14-29-61(59)68(62,47-18-5-3-6-19-47)48-20-7-4-8-21-48/h3-43H,1-2H3. The number of anilines is 3. The molecule has 2 heteroatoms. The molecular weight excluding hydrogens is 847 g/mol. The Labute approximate surface area is 408 Å². The minimum absolute atomic E-state index is 0.142. The molecular formula is C68H47NO. The molecule has 0 unspecified atom stereocenters. The van der Waals surface area contributed by atoms with E-state index in [1.165, 1.54) is 72.1 Å². The van der Waals surface area contributed by atoms with E-state index in [-0.39, 0.29) is 5.41 Å². The minimum Gasteiger partial charge on any atom is -0.455 e. The van der Waals surface area contributed by atoms with Gasteiger partial charge in [0.15, 0.2) is 0 Å². The summed E-state index contributed by atoms with van der Waals surface area (Å²) in [5.41, 5.74) is 22.2. The zero-order valence-corrected chi connectivity index (χ0v) is 39.0. The van der Waals surface area contributed by atoms with Crippen molar-refractivity contribution in [2.24, 2.45) is 0 Å². The zero-order chi connectivity index (χ0) is 46.6. The smallest absolute Gasteiger partial charge is 0.143 e. The Morgan fingerprint density at radius 3 is 1.57 bits per heavy atom. The molecule has 2 aliphatic rings. The fourth-order valence-electron chi connectivity index (χ4n) is 12.3. The van der Waals surface area contributed by atoms with Crippen LogP contribution in [0, 0.1) is 0 Å². The van der Waals surface area contributed by atoms with Crippen molar-refractivity contribution in [2.45, 2.75) is 24.7 Å². The van der Waals surface area contributed by atoms with Gasteiger partial charge < -0.3 is 9.32 Å². The lowest BCUT2D eigenvalue weighted by atomic mass is 9.67. The average molecular weight is 894 g/mol. The summed E-state index contributed by atoms with van der Waals surface area (Å²) in [6.07, 6.45) is 0. The van der Waals surface area contributed by atoms with Crippen molar-refractivity contribution < 1.29 is 4.42 Å². The number of hydrogen-bond donors (Lipinski definition) is 0. The van der Waals surface area contributed by atoms with E-state index in [4.69, 9.17) is 4.42 Å². The molecule has 12 aromatic rings. The van der Waals surface area contributed by atoms with Gasteiger partial charge in [-0.05, 0) is 120 Å². The first-order valence-corrected chi connectivity index (χ1v) is 24.4. The second-order valence-electron chi connectivity index (χ2n) is 19.5. The Morgan fingerprint density at radius 1 is 0.329 bits per heavy atom. The van der Waals surface area contributed by atoms with Crippen LogP contribution in [0.5, 0.6) is 0 Å². The third-order valence-electron chi connectivity index (χ3n) is 15.6. The highest BCUT2D eigenvalue weighted by Crippen LogP contribution is 2.58. The van der Waals surface area contributed by atoms with Gasteiger partial charge in [-0.3, -0.25) is 0 Å². The van der Waals surface area contributed by atoms with Crippen LogP contribution in [0.25, 0.3) is 77.2 Å². The van der Waals surface area contributed by atoms with Gasteiger partial charge in [0.1, 0.15) is 11.2 Å². The monoisotopic (exact) mass is 893 g/mol. The van der Waals surface area contributed by atoms with Gasteiger partial charge in [-0.25, -0.2) is 0 Å². The van der Waals surface area contributed by atoms with Crippen LogP contribution in [0.15, 0.2) is 253 Å². The number of benzene rings is 11. The lowest BCUT2D eigenvalue weighted by Gasteiger charge is -2.34. The maximum absolute atomic E-state index is 6.80. The maximum Gasteiger partial charge on any atom is 0.143 e. The summed E-state index contributed by atoms with van der Waals surface area (Å²) in [5.74, 6) is 0. The molecule has 2 nitrogen and oxygen atoms in total. The Balaban J connectivity index is 0.906. The lowest BCUT2D eigenvalue weighted by molar-refractivity contribution is 0.660. The molecule has 11 aromatic carbocycles. The molecule has 70 heavy (non-hydrogen) atoms. The van der Waals surface area contributed by atoms with E-state index in [0.717, 1.165) is 55.5 Å². The van der Waals surface area contributed by atoms with Crippen molar-refractivity contribution in [3.63, 3.8) is 0 Å². The fraction of sp³-hybridized carbons (Fsp3) is 0.0588. The summed E-state index contributed by atoms with van der Waals surface area (Å²) in [5, 5.41) is 4.58. The third-order valence-corrected chi connectivity index (χ3v) is 15.6. The second kappa shape index (κ2) is 15.4. The molecule has 0 bridgehead atoms. The minimum atomic E-state index is -0.460. The van der Waals surface area contributed by atoms with E-state index < -0.39 is 5.41 Å². The molecule has 0 N–H and O–H groups in total. The average Bonchev–Trinajstić information content (AvgIpc) is 4.04. The van der Waals surface area contributed by atoms with Crippen LogP contribution in [-0.2, 0) is 10.8 Å². The van der Waals surface area contributed by atoms with E-state index in [1.807, 2.05) is 0 Å². The van der Waals surface area contributed by atoms with Gasteiger partial charge in [-0.1, -0.05) is 220 Å². The molecule has 14 rings (SSSR count). The SMILES string of the molecule is CC1(C)c2ccccc2-c2ccc(N(c3ccc(-c4cccc5c4-c4ccccc4C5(c4ccccc4)c4ccccc4)cc3)c3ccc(-c4cccc5c4oc4c6ccccc6ccc54)cc3)cc21. The van der Waals surface area contributed by atoms with Gasteiger partial charge in [0, 0.05) is 44.2 Å². The number of nitrogens with zero attached hydrogens (tertiary/aromatic N) is 1. The second-order valence-corrected chi connectivity index (χ2v) is 19.5. The molecule has 330 valence electrons. The van der Waals surface area contributed by atoms with Crippen molar-refractivity contribution in [2.75, 3.05) is 4.90 Å². The van der Waals surface area contributed by atoms with Gasteiger partial charge in [-0.2, -0.15) is 0 Å². The first-order valence-electron chi connectivity index (χ1n) is 24.4. The molecule has 0 aliphatic heterocycles. The molecule has 0 saturated carbocycles. The van der Waals surface area contributed by atoms with Gasteiger partial charge >= 0.3 is 0 Å². The first kappa shape index (κ1) is 40.4. The Bertz CT molecular complexity index is 3970.